The monoisotopic (exact) mass is 337 g/mol. The van der Waals surface area contributed by atoms with Crippen molar-refractivity contribution in [3.05, 3.63) is 59.4 Å². The third kappa shape index (κ3) is 5.25. The summed E-state index contributed by atoms with van der Waals surface area (Å²) in [6.45, 7) is 2.66. The molecule has 2 rings (SSSR count). The van der Waals surface area contributed by atoms with Crippen LogP contribution in [0.3, 0.4) is 0 Å². The Morgan fingerprint density at radius 3 is 2.57 bits per heavy atom. The van der Waals surface area contributed by atoms with Gasteiger partial charge in [0.2, 0.25) is 0 Å². The zero-order valence-electron chi connectivity index (χ0n) is 13.2. The molecule has 0 bridgehead atoms. The topological polar surface area (TPSA) is 55.4 Å². The van der Waals surface area contributed by atoms with E-state index < -0.39 is 9.84 Å². The third-order valence-electron chi connectivity index (χ3n) is 3.38. The molecule has 0 unspecified atom stereocenters. The van der Waals surface area contributed by atoms with E-state index in [2.05, 4.69) is 5.32 Å². The largest absolute Gasteiger partial charge is 0.489 e. The van der Waals surface area contributed by atoms with Gasteiger partial charge >= 0.3 is 0 Å². The number of halogens is 1. The second-order valence-corrected chi connectivity index (χ2v) is 7.51. The fraction of sp³-hybridized carbons (Fsp3) is 0.294. The maximum Gasteiger partial charge on any atom is 0.165 e. The van der Waals surface area contributed by atoms with Gasteiger partial charge in [-0.2, -0.15) is 0 Å². The molecule has 1 N–H and O–H groups in total. The lowest BCUT2D eigenvalue weighted by Gasteiger charge is -2.13. The van der Waals surface area contributed by atoms with E-state index in [4.69, 9.17) is 4.74 Å². The Hall–Kier alpha value is -2.08. The summed E-state index contributed by atoms with van der Waals surface area (Å²) < 4.78 is 41.7. The van der Waals surface area contributed by atoms with Crippen LogP contribution in [0.15, 0.2) is 42.5 Å². The van der Waals surface area contributed by atoms with Crippen molar-refractivity contribution < 1.29 is 17.5 Å². The Morgan fingerprint density at radius 1 is 1.13 bits per heavy atom. The Balaban J connectivity index is 1.93. The molecule has 0 fully saturated rings. The standard InChI is InChI=1S/C17H20FNO3S/c1-13-14(12-23(2,20)21)6-5-8-16(13)19-10-11-22-17-9-4-3-7-15(17)18/h3-9,19H,10-12H2,1-2H3. The maximum absolute atomic E-state index is 13.4. The Bertz CT molecular complexity index is 775. The molecule has 2 aromatic carbocycles. The Morgan fingerprint density at radius 2 is 1.87 bits per heavy atom. The first-order valence-corrected chi connectivity index (χ1v) is 9.30. The minimum Gasteiger partial charge on any atom is -0.489 e. The minimum absolute atomic E-state index is 0.0140. The summed E-state index contributed by atoms with van der Waals surface area (Å²) in [4.78, 5) is 0. The van der Waals surface area contributed by atoms with Gasteiger partial charge in [0.15, 0.2) is 21.4 Å². The summed E-state index contributed by atoms with van der Waals surface area (Å²) in [5.41, 5.74) is 2.51. The normalized spacial score (nSPS) is 11.3. The molecule has 2 aromatic rings. The van der Waals surface area contributed by atoms with Crippen molar-refractivity contribution in [3.8, 4) is 5.75 Å². The van der Waals surface area contributed by atoms with E-state index in [-0.39, 0.29) is 17.3 Å². The molecule has 0 spiro atoms. The zero-order chi connectivity index (χ0) is 16.9. The number of benzene rings is 2. The zero-order valence-corrected chi connectivity index (χ0v) is 14.0. The van der Waals surface area contributed by atoms with Gasteiger partial charge in [-0.25, -0.2) is 12.8 Å². The van der Waals surface area contributed by atoms with Crippen LogP contribution in [0, 0.1) is 12.7 Å². The van der Waals surface area contributed by atoms with Crippen molar-refractivity contribution in [2.45, 2.75) is 12.7 Å². The molecule has 0 radical (unpaired) electrons. The SMILES string of the molecule is Cc1c(CS(C)(=O)=O)cccc1NCCOc1ccccc1F. The highest BCUT2D eigenvalue weighted by Crippen LogP contribution is 2.21. The van der Waals surface area contributed by atoms with Crippen molar-refractivity contribution in [3.63, 3.8) is 0 Å². The van der Waals surface area contributed by atoms with Gasteiger partial charge in [-0.05, 0) is 36.2 Å². The van der Waals surface area contributed by atoms with Gasteiger partial charge in [-0.15, -0.1) is 0 Å². The molecule has 4 nitrogen and oxygen atoms in total. The maximum atomic E-state index is 13.4. The number of rotatable bonds is 7. The van der Waals surface area contributed by atoms with E-state index in [1.807, 2.05) is 19.1 Å². The number of ether oxygens (including phenoxy) is 1. The predicted molar refractivity (Wildman–Crippen MR) is 90.1 cm³/mol. The van der Waals surface area contributed by atoms with Crippen LogP contribution in [0.2, 0.25) is 0 Å². The number of sulfone groups is 1. The van der Waals surface area contributed by atoms with Gasteiger partial charge in [0.05, 0.1) is 5.75 Å². The average Bonchev–Trinajstić information content (AvgIpc) is 2.47. The van der Waals surface area contributed by atoms with Gasteiger partial charge in [-0.3, -0.25) is 0 Å². The van der Waals surface area contributed by atoms with Crippen LogP contribution in [0.1, 0.15) is 11.1 Å². The second-order valence-electron chi connectivity index (χ2n) is 5.37. The highest BCUT2D eigenvalue weighted by atomic mass is 32.2. The first kappa shape index (κ1) is 17.3. The van der Waals surface area contributed by atoms with Crippen molar-refractivity contribution in [2.24, 2.45) is 0 Å². The van der Waals surface area contributed by atoms with E-state index in [1.165, 1.54) is 12.3 Å². The lowest BCUT2D eigenvalue weighted by atomic mass is 10.1. The number of nitrogens with one attached hydrogen (secondary N) is 1. The van der Waals surface area contributed by atoms with Gasteiger partial charge in [-0.1, -0.05) is 24.3 Å². The fourth-order valence-corrected chi connectivity index (χ4v) is 3.10. The van der Waals surface area contributed by atoms with Crippen LogP contribution in [0.4, 0.5) is 10.1 Å². The number of para-hydroxylation sites is 1. The molecule has 6 heteroatoms. The van der Waals surface area contributed by atoms with Gasteiger partial charge < -0.3 is 10.1 Å². The second kappa shape index (κ2) is 7.46. The quantitative estimate of drug-likeness (QED) is 0.789. The Labute approximate surface area is 136 Å². The smallest absolute Gasteiger partial charge is 0.165 e. The van der Waals surface area contributed by atoms with Crippen LogP contribution in [-0.4, -0.2) is 27.8 Å². The molecule has 0 aliphatic carbocycles. The summed E-state index contributed by atoms with van der Waals surface area (Å²) in [7, 11) is -3.08. The van der Waals surface area contributed by atoms with Crippen LogP contribution < -0.4 is 10.1 Å². The molecule has 0 saturated carbocycles. The minimum atomic E-state index is -3.08. The molecule has 0 aliphatic heterocycles. The average molecular weight is 337 g/mol. The van der Waals surface area contributed by atoms with E-state index in [1.54, 1.807) is 24.3 Å². The highest BCUT2D eigenvalue weighted by molar-refractivity contribution is 7.89. The molecule has 0 saturated heterocycles. The third-order valence-corrected chi connectivity index (χ3v) is 4.21. The summed E-state index contributed by atoms with van der Waals surface area (Å²) in [5, 5.41) is 3.19. The number of hydrogen-bond donors (Lipinski definition) is 1. The lowest BCUT2D eigenvalue weighted by molar-refractivity contribution is 0.315. The lowest BCUT2D eigenvalue weighted by Crippen LogP contribution is -2.13. The first-order valence-electron chi connectivity index (χ1n) is 7.24. The molecule has 124 valence electrons. The molecule has 0 amide bonds. The summed E-state index contributed by atoms with van der Waals surface area (Å²) in [6, 6.07) is 11.7. The molecule has 23 heavy (non-hydrogen) atoms. The van der Waals surface area contributed by atoms with Crippen LogP contribution in [0.25, 0.3) is 0 Å². The fourth-order valence-electron chi connectivity index (χ4n) is 2.22. The van der Waals surface area contributed by atoms with Crippen molar-refractivity contribution in [1.82, 2.24) is 0 Å². The van der Waals surface area contributed by atoms with E-state index in [0.717, 1.165) is 16.8 Å². The highest BCUT2D eigenvalue weighted by Gasteiger charge is 2.09. The Kier molecular flexibility index (Phi) is 5.60. The molecule has 0 aromatic heterocycles. The van der Waals surface area contributed by atoms with Crippen LogP contribution >= 0.6 is 0 Å². The molecule has 0 atom stereocenters. The summed E-state index contributed by atoms with van der Waals surface area (Å²) in [5.74, 6) is -0.157. The number of hydrogen-bond acceptors (Lipinski definition) is 4. The van der Waals surface area contributed by atoms with Crippen molar-refractivity contribution in [2.75, 3.05) is 24.7 Å². The first-order chi connectivity index (χ1) is 10.9. The molecule has 0 heterocycles. The molecular formula is C17H20FNO3S. The van der Waals surface area contributed by atoms with Gasteiger partial charge in [0, 0.05) is 18.5 Å². The van der Waals surface area contributed by atoms with Gasteiger partial charge in [0.25, 0.3) is 0 Å². The van der Waals surface area contributed by atoms with E-state index in [9.17, 15) is 12.8 Å². The van der Waals surface area contributed by atoms with Crippen molar-refractivity contribution >= 4 is 15.5 Å². The van der Waals surface area contributed by atoms with Crippen molar-refractivity contribution in [1.29, 1.82) is 0 Å². The molecule has 0 aliphatic rings. The number of anilines is 1. The predicted octanol–water partition coefficient (Wildman–Crippen LogP) is 3.17. The summed E-state index contributed by atoms with van der Waals surface area (Å²) >= 11 is 0. The summed E-state index contributed by atoms with van der Waals surface area (Å²) in [6.07, 6.45) is 1.22. The van der Waals surface area contributed by atoms with E-state index >= 15 is 0 Å². The van der Waals surface area contributed by atoms with E-state index in [0.29, 0.717) is 13.2 Å². The molecular weight excluding hydrogens is 317 g/mol. The van der Waals surface area contributed by atoms with Crippen LogP contribution in [0.5, 0.6) is 5.75 Å². The van der Waals surface area contributed by atoms with Crippen LogP contribution in [-0.2, 0) is 15.6 Å². The van der Waals surface area contributed by atoms with Gasteiger partial charge in [0.1, 0.15) is 6.61 Å².